The van der Waals surface area contributed by atoms with Crippen molar-refractivity contribution in [3.8, 4) is 0 Å². The molecule has 1 aromatic carbocycles. The molecule has 126 valence electrons. The van der Waals surface area contributed by atoms with Gasteiger partial charge in [0.2, 0.25) is 11.0 Å². The Labute approximate surface area is 145 Å². The smallest absolute Gasteiger partial charge is 0.230 e. The third-order valence-electron chi connectivity index (χ3n) is 3.77. The Kier molecular flexibility index (Phi) is 4.94. The van der Waals surface area contributed by atoms with Gasteiger partial charge in [0.15, 0.2) is 0 Å². The number of carbonyl (C=O) groups is 1. The third kappa shape index (κ3) is 3.82. The highest BCUT2D eigenvalue weighted by Gasteiger charge is 2.13. The van der Waals surface area contributed by atoms with E-state index in [1.165, 1.54) is 16.9 Å². The fourth-order valence-electron chi connectivity index (χ4n) is 2.56. The molecule has 0 fully saturated rings. The summed E-state index contributed by atoms with van der Waals surface area (Å²) in [6.07, 6.45) is 3.75. The third-order valence-corrected chi connectivity index (χ3v) is 4.63. The summed E-state index contributed by atoms with van der Waals surface area (Å²) in [6, 6.07) is 6.10. The number of nitrogens with one attached hydrogen (secondary N) is 1. The zero-order valence-corrected chi connectivity index (χ0v) is 14.9. The molecule has 0 spiro atoms. The summed E-state index contributed by atoms with van der Waals surface area (Å²) in [6.45, 7) is 6.38. The van der Waals surface area contributed by atoms with E-state index in [0.717, 1.165) is 34.4 Å². The number of amides is 1. The van der Waals surface area contributed by atoms with Gasteiger partial charge in [-0.1, -0.05) is 38.2 Å². The number of furan rings is 1. The fraction of sp³-hybridized carbons (Fsp3) is 0.389. The van der Waals surface area contributed by atoms with E-state index in [1.807, 2.05) is 12.1 Å². The van der Waals surface area contributed by atoms with Crippen molar-refractivity contribution in [3.63, 3.8) is 0 Å². The minimum Gasteiger partial charge on any atom is -0.464 e. The molecule has 0 saturated carbocycles. The van der Waals surface area contributed by atoms with Gasteiger partial charge in [-0.2, -0.15) is 0 Å². The quantitative estimate of drug-likeness (QED) is 0.727. The molecule has 0 unspecified atom stereocenters. The van der Waals surface area contributed by atoms with Crippen LogP contribution in [0.5, 0.6) is 0 Å². The van der Waals surface area contributed by atoms with E-state index in [2.05, 4.69) is 42.4 Å². The van der Waals surface area contributed by atoms with Crippen molar-refractivity contribution >= 4 is 33.3 Å². The molecular formula is C18H21N3O2S. The van der Waals surface area contributed by atoms with Crippen LogP contribution >= 0.6 is 11.3 Å². The SMILES string of the molecule is CCc1ccc2occ(CC(=O)Nc3nnc(CC(C)C)s3)c2c1. The Hall–Kier alpha value is -2.21. The highest BCUT2D eigenvalue weighted by Crippen LogP contribution is 2.24. The number of benzene rings is 1. The van der Waals surface area contributed by atoms with E-state index in [9.17, 15) is 4.79 Å². The second-order valence-electron chi connectivity index (χ2n) is 6.27. The van der Waals surface area contributed by atoms with Gasteiger partial charge < -0.3 is 9.73 Å². The summed E-state index contributed by atoms with van der Waals surface area (Å²) in [4.78, 5) is 12.3. The van der Waals surface area contributed by atoms with Crippen molar-refractivity contribution in [1.29, 1.82) is 0 Å². The Morgan fingerprint density at radius 1 is 1.33 bits per heavy atom. The molecule has 0 aliphatic carbocycles. The molecule has 0 bridgehead atoms. The molecule has 6 heteroatoms. The first-order valence-electron chi connectivity index (χ1n) is 8.16. The van der Waals surface area contributed by atoms with Crippen molar-refractivity contribution in [3.05, 3.63) is 40.6 Å². The lowest BCUT2D eigenvalue weighted by Crippen LogP contribution is -2.14. The van der Waals surface area contributed by atoms with Crippen molar-refractivity contribution in [2.75, 3.05) is 5.32 Å². The van der Waals surface area contributed by atoms with Crippen LogP contribution in [0, 0.1) is 5.92 Å². The zero-order valence-electron chi connectivity index (χ0n) is 14.1. The molecule has 0 saturated heterocycles. The van der Waals surface area contributed by atoms with Gasteiger partial charge in [-0.05, 0) is 30.0 Å². The largest absolute Gasteiger partial charge is 0.464 e. The van der Waals surface area contributed by atoms with Gasteiger partial charge in [0.1, 0.15) is 10.6 Å². The average molecular weight is 343 g/mol. The Morgan fingerprint density at radius 2 is 2.17 bits per heavy atom. The van der Waals surface area contributed by atoms with Gasteiger partial charge in [0, 0.05) is 17.4 Å². The number of rotatable bonds is 6. The number of carbonyl (C=O) groups excluding carboxylic acids is 1. The highest BCUT2D eigenvalue weighted by atomic mass is 32.1. The number of hydrogen-bond acceptors (Lipinski definition) is 5. The van der Waals surface area contributed by atoms with Crippen LogP contribution in [-0.2, 0) is 24.1 Å². The van der Waals surface area contributed by atoms with Gasteiger partial charge in [0.05, 0.1) is 12.7 Å². The molecule has 5 nitrogen and oxygen atoms in total. The van der Waals surface area contributed by atoms with E-state index >= 15 is 0 Å². The van der Waals surface area contributed by atoms with Crippen molar-refractivity contribution in [2.24, 2.45) is 5.92 Å². The Morgan fingerprint density at radius 3 is 2.92 bits per heavy atom. The Bertz CT molecular complexity index is 851. The van der Waals surface area contributed by atoms with Gasteiger partial charge in [-0.15, -0.1) is 10.2 Å². The van der Waals surface area contributed by atoms with Crippen molar-refractivity contribution in [1.82, 2.24) is 10.2 Å². The predicted octanol–water partition coefficient (Wildman–Crippen LogP) is 4.23. The molecule has 3 rings (SSSR count). The van der Waals surface area contributed by atoms with E-state index in [0.29, 0.717) is 11.0 Å². The van der Waals surface area contributed by atoms with Gasteiger partial charge in [-0.25, -0.2) is 0 Å². The van der Waals surface area contributed by atoms with Crippen LogP contribution in [0.2, 0.25) is 0 Å². The molecule has 0 radical (unpaired) electrons. The maximum atomic E-state index is 12.3. The van der Waals surface area contributed by atoms with E-state index in [-0.39, 0.29) is 12.3 Å². The number of fused-ring (bicyclic) bond motifs is 1. The predicted molar refractivity (Wildman–Crippen MR) is 96.4 cm³/mol. The minimum atomic E-state index is -0.105. The molecular weight excluding hydrogens is 322 g/mol. The molecule has 2 aromatic heterocycles. The molecule has 0 atom stereocenters. The molecule has 2 heterocycles. The monoisotopic (exact) mass is 343 g/mol. The van der Waals surface area contributed by atoms with E-state index in [1.54, 1.807) is 6.26 Å². The lowest BCUT2D eigenvalue weighted by Gasteiger charge is -2.01. The first-order chi connectivity index (χ1) is 11.5. The topological polar surface area (TPSA) is 68.0 Å². The molecule has 3 aromatic rings. The van der Waals surface area contributed by atoms with Crippen LogP contribution in [0.25, 0.3) is 11.0 Å². The van der Waals surface area contributed by atoms with E-state index < -0.39 is 0 Å². The molecule has 24 heavy (non-hydrogen) atoms. The first-order valence-corrected chi connectivity index (χ1v) is 8.98. The van der Waals surface area contributed by atoms with Crippen LogP contribution in [0.1, 0.15) is 36.9 Å². The molecule has 0 aliphatic rings. The zero-order chi connectivity index (χ0) is 17.1. The number of aromatic nitrogens is 2. The number of hydrogen-bond donors (Lipinski definition) is 1. The maximum Gasteiger partial charge on any atom is 0.230 e. The molecule has 1 N–H and O–H groups in total. The van der Waals surface area contributed by atoms with Crippen LogP contribution < -0.4 is 5.32 Å². The lowest BCUT2D eigenvalue weighted by atomic mass is 10.1. The van der Waals surface area contributed by atoms with Crippen LogP contribution in [0.3, 0.4) is 0 Å². The van der Waals surface area contributed by atoms with Crippen LogP contribution in [0.4, 0.5) is 5.13 Å². The highest BCUT2D eigenvalue weighted by molar-refractivity contribution is 7.15. The first kappa shape index (κ1) is 16.6. The Balaban J connectivity index is 1.69. The average Bonchev–Trinajstić information content (AvgIpc) is 3.13. The second kappa shape index (κ2) is 7.13. The second-order valence-corrected chi connectivity index (χ2v) is 7.33. The van der Waals surface area contributed by atoms with Gasteiger partial charge >= 0.3 is 0 Å². The van der Waals surface area contributed by atoms with E-state index in [4.69, 9.17) is 4.42 Å². The summed E-state index contributed by atoms with van der Waals surface area (Å²) in [5.41, 5.74) is 2.93. The van der Waals surface area contributed by atoms with Crippen molar-refractivity contribution < 1.29 is 9.21 Å². The summed E-state index contributed by atoms with van der Waals surface area (Å²) < 4.78 is 5.54. The normalized spacial score (nSPS) is 11.3. The standard InChI is InChI=1S/C18H21N3O2S/c1-4-12-5-6-15-14(8-12)13(10-23-15)9-16(22)19-18-21-20-17(24-18)7-11(2)3/h5-6,8,10-11H,4,7,9H2,1-3H3,(H,19,21,22). The summed E-state index contributed by atoms with van der Waals surface area (Å²) in [5.74, 6) is 0.415. The van der Waals surface area contributed by atoms with Crippen LogP contribution in [0.15, 0.2) is 28.9 Å². The van der Waals surface area contributed by atoms with Crippen LogP contribution in [-0.4, -0.2) is 16.1 Å². The fourth-order valence-corrected chi connectivity index (χ4v) is 3.53. The molecule has 0 aliphatic heterocycles. The van der Waals surface area contributed by atoms with Gasteiger partial charge in [-0.3, -0.25) is 4.79 Å². The molecule has 1 amide bonds. The number of anilines is 1. The number of nitrogens with zero attached hydrogens (tertiary/aromatic N) is 2. The summed E-state index contributed by atoms with van der Waals surface area (Å²) in [7, 11) is 0. The summed E-state index contributed by atoms with van der Waals surface area (Å²) in [5, 5.41) is 13.5. The minimum absolute atomic E-state index is 0.105. The lowest BCUT2D eigenvalue weighted by molar-refractivity contribution is -0.115. The van der Waals surface area contributed by atoms with Crippen molar-refractivity contribution in [2.45, 2.75) is 40.0 Å². The maximum absolute atomic E-state index is 12.3. The number of aryl methyl sites for hydroxylation is 1. The summed E-state index contributed by atoms with van der Waals surface area (Å²) >= 11 is 1.43. The van der Waals surface area contributed by atoms with Gasteiger partial charge in [0.25, 0.3) is 0 Å².